The number of hydrogen-bond donors (Lipinski definition) is 1. The maximum Gasteiger partial charge on any atom is 0.168 e. The number of para-hydroxylation sites is 1. The molecule has 1 saturated carbocycles. The van der Waals surface area contributed by atoms with Gasteiger partial charge in [0.05, 0.1) is 23.3 Å². The number of hydrogen-bond acceptors (Lipinski definition) is 5. The molecule has 0 unspecified atom stereocenters. The van der Waals surface area contributed by atoms with Crippen LogP contribution in [-0.4, -0.2) is 29.5 Å². The van der Waals surface area contributed by atoms with Gasteiger partial charge >= 0.3 is 0 Å². The van der Waals surface area contributed by atoms with Crippen molar-refractivity contribution >= 4 is 22.7 Å². The van der Waals surface area contributed by atoms with Crippen molar-refractivity contribution in [2.45, 2.75) is 32.7 Å². The van der Waals surface area contributed by atoms with E-state index in [1.165, 1.54) is 12.8 Å². The van der Waals surface area contributed by atoms with Crippen molar-refractivity contribution < 1.29 is 0 Å². The summed E-state index contributed by atoms with van der Waals surface area (Å²) in [4.78, 5) is 8.84. The van der Waals surface area contributed by atoms with Gasteiger partial charge in [-0.25, -0.2) is 14.6 Å². The van der Waals surface area contributed by atoms with Crippen LogP contribution in [0.15, 0.2) is 48.9 Å². The predicted molar refractivity (Wildman–Crippen MR) is 104 cm³/mol. The van der Waals surface area contributed by atoms with E-state index in [4.69, 9.17) is 5.10 Å². The normalized spacial score (nSPS) is 15.2. The summed E-state index contributed by atoms with van der Waals surface area (Å²) in [5, 5.41) is 13.5. The minimum Gasteiger partial charge on any atom is -0.323 e. The van der Waals surface area contributed by atoms with Crippen LogP contribution < -0.4 is 5.32 Å². The van der Waals surface area contributed by atoms with Crippen molar-refractivity contribution in [1.82, 2.24) is 29.5 Å². The summed E-state index contributed by atoms with van der Waals surface area (Å²) in [6.07, 6.45) is 5.95. The topological polar surface area (TPSA) is 73.5 Å². The van der Waals surface area contributed by atoms with Gasteiger partial charge in [0.2, 0.25) is 0 Å². The second kappa shape index (κ2) is 6.19. The van der Waals surface area contributed by atoms with Crippen LogP contribution in [0.3, 0.4) is 0 Å². The van der Waals surface area contributed by atoms with Crippen molar-refractivity contribution in [3.63, 3.8) is 0 Å². The molecule has 0 aliphatic heterocycles. The molecule has 1 fully saturated rings. The van der Waals surface area contributed by atoms with Crippen molar-refractivity contribution in [3.8, 4) is 5.69 Å². The van der Waals surface area contributed by atoms with Gasteiger partial charge in [-0.15, -0.1) is 0 Å². The number of fused-ring (bicyclic) bond motifs is 1. The molecule has 1 atom stereocenters. The van der Waals surface area contributed by atoms with Gasteiger partial charge in [0, 0.05) is 11.8 Å². The Kier molecular flexibility index (Phi) is 3.67. The summed E-state index contributed by atoms with van der Waals surface area (Å²) in [6.45, 7) is 4.34. The minimum absolute atomic E-state index is 0.437. The van der Waals surface area contributed by atoms with Crippen LogP contribution in [0.1, 0.15) is 31.5 Å². The second-order valence-corrected chi connectivity index (χ2v) is 7.17. The summed E-state index contributed by atoms with van der Waals surface area (Å²) in [6, 6.07) is 12.5. The van der Waals surface area contributed by atoms with Crippen LogP contribution in [0.25, 0.3) is 16.7 Å². The third-order valence-corrected chi connectivity index (χ3v) is 5.23. The lowest BCUT2D eigenvalue weighted by Gasteiger charge is -2.12. The molecule has 1 N–H and O–H groups in total. The number of benzene rings is 1. The Balaban J connectivity index is 1.49. The van der Waals surface area contributed by atoms with E-state index in [2.05, 4.69) is 45.0 Å². The largest absolute Gasteiger partial charge is 0.323 e. The first-order valence-corrected chi connectivity index (χ1v) is 9.28. The van der Waals surface area contributed by atoms with Crippen LogP contribution in [0.5, 0.6) is 0 Å². The number of rotatable bonds is 5. The Labute approximate surface area is 157 Å². The van der Waals surface area contributed by atoms with E-state index in [9.17, 15) is 0 Å². The smallest absolute Gasteiger partial charge is 0.168 e. The highest BCUT2D eigenvalue weighted by atomic mass is 15.3. The average molecular weight is 359 g/mol. The molecule has 0 amide bonds. The van der Waals surface area contributed by atoms with Gasteiger partial charge in [-0.2, -0.15) is 10.2 Å². The maximum absolute atomic E-state index is 4.76. The zero-order valence-corrected chi connectivity index (χ0v) is 15.4. The van der Waals surface area contributed by atoms with E-state index < -0.39 is 0 Å². The molecule has 0 bridgehead atoms. The first-order valence-electron chi connectivity index (χ1n) is 9.28. The highest BCUT2D eigenvalue weighted by molar-refractivity contribution is 5.88. The lowest BCUT2D eigenvalue weighted by molar-refractivity contribution is 0.432. The first-order chi connectivity index (χ1) is 13.2. The number of aromatic nitrogens is 6. The van der Waals surface area contributed by atoms with E-state index in [0.29, 0.717) is 11.9 Å². The van der Waals surface area contributed by atoms with Crippen LogP contribution in [0.4, 0.5) is 11.6 Å². The molecule has 3 heterocycles. The molecule has 1 aromatic carbocycles. The second-order valence-electron chi connectivity index (χ2n) is 7.17. The third kappa shape index (κ3) is 2.85. The summed E-state index contributed by atoms with van der Waals surface area (Å²) in [5.74, 6) is 2.27. The standard InChI is InChI=1S/C20H21N7/c1-13-10-18(25-26(13)14(2)15-8-9-15)24-19-17-11-23-27(20(17)22-12-21-19)16-6-4-3-5-7-16/h3-7,10-12,14-15H,8-9H2,1-2H3,(H,21,22,24,25)/t14-/m0/s1. The fourth-order valence-corrected chi connectivity index (χ4v) is 3.56. The Morgan fingerprint density at radius 2 is 1.96 bits per heavy atom. The maximum atomic E-state index is 4.76. The van der Waals surface area contributed by atoms with Gasteiger partial charge in [-0.05, 0) is 44.7 Å². The Morgan fingerprint density at radius 1 is 1.15 bits per heavy atom. The fraction of sp³-hybridized carbons (Fsp3) is 0.300. The van der Waals surface area contributed by atoms with Gasteiger partial charge < -0.3 is 5.32 Å². The Morgan fingerprint density at radius 3 is 2.74 bits per heavy atom. The summed E-state index contributed by atoms with van der Waals surface area (Å²) in [7, 11) is 0. The fourth-order valence-electron chi connectivity index (χ4n) is 3.56. The number of nitrogens with zero attached hydrogens (tertiary/aromatic N) is 6. The van der Waals surface area contributed by atoms with Crippen LogP contribution in [-0.2, 0) is 0 Å². The lowest BCUT2D eigenvalue weighted by Crippen LogP contribution is -2.10. The van der Waals surface area contributed by atoms with Crippen molar-refractivity contribution in [1.29, 1.82) is 0 Å². The Bertz CT molecular complexity index is 1090. The molecule has 1 aliphatic rings. The van der Waals surface area contributed by atoms with Crippen LogP contribution >= 0.6 is 0 Å². The lowest BCUT2D eigenvalue weighted by atomic mass is 10.2. The molecule has 7 heteroatoms. The van der Waals surface area contributed by atoms with Crippen molar-refractivity contribution in [3.05, 3.63) is 54.6 Å². The van der Waals surface area contributed by atoms with E-state index in [1.54, 1.807) is 12.5 Å². The van der Waals surface area contributed by atoms with E-state index in [0.717, 1.165) is 34.2 Å². The molecular weight excluding hydrogens is 338 g/mol. The SMILES string of the molecule is Cc1cc(Nc2ncnc3c2cnn3-c2ccccc2)nn1[C@@H](C)C1CC1. The van der Waals surface area contributed by atoms with Gasteiger partial charge in [0.1, 0.15) is 12.1 Å². The molecular formula is C20H21N7. The number of anilines is 2. The molecule has 0 spiro atoms. The predicted octanol–water partition coefficient (Wildman–Crippen LogP) is 4.04. The molecule has 136 valence electrons. The highest BCUT2D eigenvalue weighted by Crippen LogP contribution is 2.40. The van der Waals surface area contributed by atoms with Crippen molar-refractivity contribution in [2.75, 3.05) is 5.32 Å². The molecule has 27 heavy (non-hydrogen) atoms. The third-order valence-electron chi connectivity index (χ3n) is 5.23. The molecule has 1 aliphatic carbocycles. The molecule has 0 radical (unpaired) electrons. The zero-order valence-electron chi connectivity index (χ0n) is 15.4. The molecule has 7 nitrogen and oxygen atoms in total. The minimum atomic E-state index is 0.437. The van der Waals surface area contributed by atoms with Gasteiger partial charge in [-0.3, -0.25) is 4.68 Å². The highest BCUT2D eigenvalue weighted by Gasteiger charge is 2.30. The molecule has 5 rings (SSSR count). The van der Waals surface area contributed by atoms with E-state index in [-0.39, 0.29) is 0 Å². The first kappa shape index (κ1) is 16.0. The zero-order chi connectivity index (χ0) is 18.4. The molecule has 4 aromatic rings. The van der Waals surface area contributed by atoms with Gasteiger partial charge in [0.25, 0.3) is 0 Å². The van der Waals surface area contributed by atoms with Gasteiger partial charge in [0.15, 0.2) is 11.5 Å². The summed E-state index contributed by atoms with van der Waals surface area (Å²) < 4.78 is 3.94. The quantitative estimate of drug-likeness (QED) is 0.582. The molecule has 0 saturated heterocycles. The molecule has 3 aromatic heterocycles. The van der Waals surface area contributed by atoms with E-state index >= 15 is 0 Å². The Hall–Kier alpha value is -3.22. The number of nitrogens with one attached hydrogen (secondary N) is 1. The summed E-state index contributed by atoms with van der Waals surface area (Å²) in [5.41, 5.74) is 2.89. The average Bonchev–Trinajstić information content (AvgIpc) is 3.35. The van der Waals surface area contributed by atoms with E-state index in [1.807, 2.05) is 35.0 Å². The summed E-state index contributed by atoms with van der Waals surface area (Å²) >= 11 is 0. The van der Waals surface area contributed by atoms with Crippen LogP contribution in [0, 0.1) is 12.8 Å². The number of aryl methyl sites for hydroxylation is 1. The monoisotopic (exact) mass is 359 g/mol. The van der Waals surface area contributed by atoms with Gasteiger partial charge in [-0.1, -0.05) is 18.2 Å². The van der Waals surface area contributed by atoms with Crippen LogP contribution in [0.2, 0.25) is 0 Å². The van der Waals surface area contributed by atoms with Crippen molar-refractivity contribution in [2.24, 2.45) is 5.92 Å².